The number of carbonyl (C=O) groups is 1. The first-order valence-electron chi connectivity index (χ1n) is 7.33. The average molecular weight is 301 g/mol. The summed E-state index contributed by atoms with van der Waals surface area (Å²) in [5.41, 5.74) is 3.05. The fourth-order valence-corrected chi connectivity index (χ4v) is 3.06. The lowest BCUT2D eigenvalue weighted by atomic mass is 9.97. The largest absolute Gasteiger partial charge is 0.296 e. The Labute approximate surface area is 131 Å². The summed E-state index contributed by atoms with van der Waals surface area (Å²) in [5, 5.41) is 2.10. The zero-order chi connectivity index (χ0) is 15.4. The van der Waals surface area contributed by atoms with Crippen LogP contribution in [0.5, 0.6) is 0 Å². The van der Waals surface area contributed by atoms with Crippen molar-refractivity contribution in [2.75, 3.05) is 13.6 Å². The molecule has 2 nitrogen and oxygen atoms in total. The number of aryl methyl sites for hydroxylation is 2. The molecule has 1 aromatic carbocycles. The Morgan fingerprint density at radius 1 is 1.29 bits per heavy atom. The third-order valence-corrected chi connectivity index (χ3v) is 4.93. The van der Waals surface area contributed by atoms with E-state index in [4.69, 9.17) is 0 Å². The number of thiophene rings is 1. The van der Waals surface area contributed by atoms with Crippen LogP contribution in [0.4, 0.5) is 0 Å². The molecule has 0 radical (unpaired) electrons. The first-order chi connectivity index (χ1) is 9.99. The molecule has 1 heterocycles. The van der Waals surface area contributed by atoms with Crippen molar-refractivity contribution in [2.24, 2.45) is 0 Å². The van der Waals surface area contributed by atoms with E-state index in [-0.39, 0.29) is 11.8 Å². The number of hydrogen-bond donors (Lipinski definition) is 0. The molecule has 0 amide bonds. The lowest BCUT2D eigenvalue weighted by Gasteiger charge is -2.24. The number of Topliss-reactive ketones (excluding diaryl/α,β-unsaturated/α-hetero) is 1. The van der Waals surface area contributed by atoms with E-state index >= 15 is 0 Å². The molecule has 0 saturated carbocycles. The highest BCUT2D eigenvalue weighted by molar-refractivity contribution is 7.09. The minimum absolute atomic E-state index is 0.0922. The SMILES string of the molecule is Cc1ccc(C)c(C(=O)C(C)N(C)CCc2cccs2)c1. The highest BCUT2D eigenvalue weighted by Gasteiger charge is 2.21. The minimum Gasteiger partial charge on any atom is -0.296 e. The molecule has 0 fully saturated rings. The summed E-state index contributed by atoms with van der Waals surface area (Å²) >= 11 is 1.77. The van der Waals surface area contributed by atoms with E-state index in [9.17, 15) is 4.79 Å². The maximum Gasteiger partial charge on any atom is 0.179 e. The van der Waals surface area contributed by atoms with Crippen molar-refractivity contribution in [3.05, 3.63) is 57.3 Å². The van der Waals surface area contributed by atoms with E-state index < -0.39 is 0 Å². The van der Waals surface area contributed by atoms with Gasteiger partial charge in [0.05, 0.1) is 6.04 Å². The summed E-state index contributed by atoms with van der Waals surface area (Å²) in [7, 11) is 2.03. The molecule has 0 aliphatic carbocycles. The maximum atomic E-state index is 12.7. The summed E-state index contributed by atoms with van der Waals surface area (Å²) in [6.45, 7) is 6.93. The number of nitrogens with zero attached hydrogens (tertiary/aromatic N) is 1. The maximum absolute atomic E-state index is 12.7. The number of likely N-dealkylation sites (N-methyl/N-ethyl adjacent to an activating group) is 1. The van der Waals surface area contributed by atoms with Crippen molar-refractivity contribution < 1.29 is 4.79 Å². The minimum atomic E-state index is -0.0922. The van der Waals surface area contributed by atoms with Crippen molar-refractivity contribution in [2.45, 2.75) is 33.2 Å². The second kappa shape index (κ2) is 7.01. The van der Waals surface area contributed by atoms with E-state index in [2.05, 4.69) is 28.5 Å². The van der Waals surface area contributed by atoms with Gasteiger partial charge in [0.1, 0.15) is 0 Å². The van der Waals surface area contributed by atoms with E-state index in [1.165, 1.54) is 4.88 Å². The second-order valence-corrected chi connectivity index (χ2v) is 6.70. The molecule has 0 saturated heterocycles. The van der Waals surface area contributed by atoms with Crippen LogP contribution in [0.15, 0.2) is 35.7 Å². The normalized spacial score (nSPS) is 12.6. The van der Waals surface area contributed by atoms with Gasteiger partial charge in [-0.15, -0.1) is 11.3 Å². The van der Waals surface area contributed by atoms with Gasteiger partial charge in [-0.3, -0.25) is 9.69 Å². The summed E-state index contributed by atoms with van der Waals surface area (Å²) < 4.78 is 0. The Hall–Kier alpha value is -1.45. The molecule has 112 valence electrons. The van der Waals surface area contributed by atoms with Crippen LogP contribution in [0.1, 0.15) is 33.3 Å². The van der Waals surface area contributed by atoms with Gasteiger partial charge < -0.3 is 0 Å². The van der Waals surface area contributed by atoms with Crippen LogP contribution in [0.25, 0.3) is 0 Å². The molecule has 1 unspecified atom stereocenters. The number of rotatable bonds is 6. The van der Waals surface area contributed by atoms with Gasteiger partial charge in [-0.1, -0.05) is 23.8 Å². The molecule has 0 spiro atoms. The van der Waals surface area contributed by atoms with Gasteiger partial charge >= 0.3 is 0 Å². The standard InChI is InChI=1S/C18H23NOS/c1-13-7-8-14(2)17(12-13)18(20)15(3)19(4)10-9-16-6-5-11-21-16/h5-8,11-12,15H,9-10H2,1-4H3. The van der Waals surface area contributed by atoms with E-state index in [1.807, 2.05) is 40.0 Å². The second-order valence-electron chi connectivity index (χ2n) is 5.67. The van der Waals surface area contributed by atoms with Crippen LogP contribution >= 0.6 is 11.3 Å². The van der Waals surface area contributed by atoms with E-state index in [0.29, 0.717) is 0 Å². The number of ketones is 1. The lowest BCUT2D eigenvalue weighted by Crippen LogP contribution is -2.37. The molecule has 2 aromatic rings. The van der Waals surface area contributed by atoms with Crippen molar-refractivity contribution in [1.82, 2.24) is 4.90 Å². The van der Waals surface area contributed by atoms with Crippen LogP contribution < -0.4 is 0 Å². The van der Waals surface area contributed by atoms with Gasteiger partial charge in [-0.2, -0.15) is 0 Å². The number of hydrogen-bond acceptors (Lipinski definition) is 3. The van der Waals surface area contributed by atoms with Crippen molar-refractivity contribution in [3.8, 4) is 0 Å². The van der Waals surface area contributed by atoms with Crippen LogP contribution in [0, 0.1) is 13.8 Å². The van der Waals surface area contributed by atoms with Gasteiger partial charge in [-0.05, 0) is 57.3 Å². The molecule has 3 heteroatoms. The third kappa shape index (κ3) is 4.02. The van der Waals surface area contributed by atoms with Crippen molar-refractivity contribution >= 4 is 17.1 Å². The third-order valence-electron chi connectivity index (χ3n) is 3.99. The quantitative estimate of drug-likeness (QED) is 0.748. The first-order valence-corrected chi connectivity index (χ1v) is 8.21. The molecule has 0 aliphatic rings. The topological polar surface area (TPSA) is 20.3 Å². The molecular weight excluding hydrogens is 278 g/mol. The number of benzene rings is 1. The fraction of sp³-hybridized carbons (Fsp3) is 0.389. The molecule has 21 heavy (non-hydrogen) atoms. The van der Waals surface area contributed by atoms with Gasteiger partial charge in [0.25, 0.3) is 0 Å². The van der Waals surface area contributed by atoms with E-state index in [0.717, 1.165) is 29.7 Å². The molecular formula is C18H23NOS. The first kappa shape index (κ1) is 15.9. The Kier molecular flexibility index (Phi) is 5.32. The van der Waals surface area contributed by atoms with Gasteiger partial charge in [-0.25, -0.2) is 0 Å². The highest BCUT2D eigenvalue weighted by atomic mass is 32.1. The van der Waals surface area contributed by atoms with Gasteiger partial charge in [0.2, 0.25) is 0 Å². The van der Waals surface area contributed by atoms with Crippen LogP contribution in [0.2, 0.25) is 0 Å². The zero-order valence-electron chi connectivity index (χ0n) is 13.2. The summed E-state index contributed by atoms with van der Waals surface area (Å²) in [5.74, 6) is 0.213. The molecule has 1 atom stereocenters. The highest BCUT2D eigenvalue weighted by Crippen LogP contribution is 2.16. The Balaban J connectivity index is 2.02. The predicted octanol–water partition coefficient (Wildman–Crippen LogP) is 4.11. The van der Waals surface area contributed by atoms with Gasteiger partial charge in [0, 0.05) is 17.0 Å². The predicted molar refractivity (Wildman–Crippen MR) is 90.4 cm³/mol. The van der Waals surface area contributed by atoms with Crippen LogP contribution in [-0.4, -0.2) is 30.3 Å². The summed E-state index contributed by atoms with van der Waals surface area (Å²) in [6, 6.07) is 10.2. The Morgan fingerprint density at radius 2 is 2.05 bits per heavy atom. The zero-order valence-corrected chi connectivity index (χ0v) is 14.0. The van der Waals surface area contributed by atoms with Crippen LogP contribution in [0.3, 0.4) is 0 Å². The molecule has 2 rings (SSSR count). The van der Waals surface area contributed by atoms with E-state index in [1.54, 1.807) is 11.3 Å². The number of carbonyl (C=O) groups excluding carboxylic acids is 1. The molecule has 1 aromatic heterocycles. The Bertz CT molecular complexity index is 604. The molecule has 0 aliphatic heterocycles. The van der Waals surface area contributed by atoms with Gasteiger partial charge in [0.15, 0.2) is 5.78 Å². The van der Waals surface area contributed by atoms with Crippen molar-refractivity contribution in [3.63, 3.8) is 0 Å². The smallest absolute Gasteiger partial charge is 0.179 e. The Morgan fingerprint density at radius 3 is 2.71 bits per heavy atom. The van der Waals surface area contributed by atoms with Crippen LogP contribution in [-0.2, 0) is 6.42 Å². The lowest BCUT2D eigenvalue weighted by molar-refractivity contribution is 0.0869. The monoisotopic (exact) mass is 301 g/mol. The average Bonchev–Trinajstić information content (AvgIpc) is 2.99. The fourth-order valence-electron chi connectivity index (χ4n) is 2.36. The summed E-state index contributed by atoms with van der Waals surface area (Å²) in [4.78, 5) is 16.2. The van der Waals surface area contributed by atoms with Crippen molar-refractivity contribution in [1.29, 1.82) is 0 Å². The summed E-state index contributed by atoms with van der Waals surface area (Å²) in [6.07, 6.45) is 0.999. The molecule has 0 bridgehead atoms. The molecule has 0 N–H and O–H groups in total.